The molecule has 0 aliphatic carbocycles. The lowest BCUT2D eigenvalue weighted by atomic mass is 10.1. The lowest BCUT2D eigenvalue weighted by molar-refractivity contribution is 0.0525. The zero-order valence-electron chi connectivity index (χ0n) is 7.99. The zero-order valence-corrected chi connectivity index (χ0v) is 9.58. The van der Waals surface area contributed by atoms with Gasteiger partial charge in [-0.2, -0.15) is 0 Å². The summed E-state index contributed by atoms with van der Waals surface area (Å²) < 4.78 is 5.14. The number of carbonyl (C=O) groups is 2. The minimum Gasteiger partial charge on any atom is -0.478 e. The average Bonchev–Trinajstić information content (AvgIpc) is 2.17. The maximum absolute atomic E-state index is 11.3. The number of ether oxygens (including phenoxy) is 1. The Balaban J connectivity index is 3.01. The highest BCUT2D eigenvalue weighted by Gasteiger charge is 2.12. The van der Waals surface area contributed by atoms with Crippen molar-refractivity contribution in [3.63, 3.8) is 0 Å². The molecule has 1 rings (SSSR count). The van der Waals surface area contributed by atoms with Gasteiger partial charge in [0.05, 0.1) is 17.7 Å². The van der Waals surface area contributed by atoms with Crippen LogP contribution < -0.4 is 0 Å². The van der Waals surface area contributed by atoms with E-state index in [1.165, 1.54) is 18.2 Å². The van der Waals surface area contributed by atoms with Crippen LogP contribution in [0.1, 0.15) is 27.6 Å². The van der Waals surface area contributed by atoms with Gasteiger partial charge in [0, 0.05) is 4.47 Å². The molecule has 0 bridgehead atoms. The van der Waals surface area contributed by atoms with E-state index in [0.717, 1.165) is 0 Å². The van der Waals surface area contributed by atoms with E-state index in [9.17, 15) is 9.59 Å². The third kappa shape index (κ3) is 2.79. The van der Waals surface area contributed by atoms with Crippen molar-refractivity contribution in [3.8, 4) is 0 Å². The Hall–Kier alpha value is -1.36. The Bertz CT molecular complexity index is 400. The van der Waals surface area contributed by atoms with E-state index in [1.54, 1.807) is 6.92 Å². The summed E-state index contributed by atoms with van der Waals surface area (Å²) in [6.45, 7) is 2.00. The minimum atomic E-state index is -1.04. The van der Waals surface area contributed by atoms with Gasteiger partial charge in [-0.15, -0.1) is 0 Å². The molecule has 0 radical (unpaired) electrons. The van der Waals surface area contributed by atoms with E-state index in [4.69, 9.17) is 9.84 Å². The second kappa shape index (κ2) is 4.93. The summed E-state index contributed by atoms with van der Waals surface area (Å²) in [7, 11) is 0. The summed E-state index contributed by atoms with van der Waals surface area (Å²) in [5.41, 5.74) is 0.441. The van der Waals surface area contributed by atoms with Gasteiger partial charge in [0.1, 0.15) is 0 Å². The lowest BCUT2D eigenvalue weighted by Crippen LogP contribution is -2.06. The smallest absolute Gasteiger partial charge is 0.338 e. The van der Waals surface area contributed by atoms with Crippen LogP contribution in [0.5, 0.6) is 0 Å². The number of esters is 1. The van der Waals surface area contributed by atoms with Crippen molar-refractivity contribution in [2.24, 2.45) is 0 Å². The highest BCUT2D eigenvalue weighted by molar-refractivity contribution is 9.10. The van der Waals surface area contributed by atoms with Gasteiger partial charge < -0.3 is 9.84 Å². The number of carboxylic acids is 1. The average molecular weight is 273 g/mol. The number of halogens is 1. The van der Waals surface area contributed by atoms with Gasteiger partial charge in [0.15, 0.2) is 0 Å². The molecule has 1 N–H and O–H groups in total. The first kappa shape index (κ1) is 11.7. The van der Waals surface area contributed by atoms with Crippen LogP contribution in [0.25, 0.3) is 0 Å². The second-order valence-electron chi connectivity index (χ2n) is 2.72. The summed E-state index contributed by atoms with van der Waals surface area (Å²) in [5, 5.41) is 8.75. The molecule has 0 heterocycles. The van der Waals surface area contributed by atoms with Gasteiger partial charge in [-0.3, -0.25) is 0 Å². The molecule has 15 heavy (non-hydrogen) atoms. The van der Waals surface area contributed by atoms with Crippen molar-refractivity contribution in [3.05, 3.63) is 33.8 Å². The Morgan fingerprint density at radius 2 is 2.13 bits per heavy atom. The topological polar surface area (TPSA) is 63.6 Å². The van der Waals surface area contributed by atoms with Crippen molar-refractivity contribution in [2.45, 2.75) is 6.92 Å². The Labute approximate surface area is 95.0 Å². The van der Waals surface area contributed by atoms with Crippen molar-refractivity contribution in [1.29, 1.82) is 0 Å². The van der Waals surface area contributed by atoms with E-state index >= 15 is 0 Å². The van der Waals surface area contributed by atoms with E-state index in [2.05, 4.69) is 15.9 Å². The van der Waals surface area contributed by atoms with Gasteiger partial charge >= 0.3 is 11.9 Å². The molecule has 0 fully saturated rings. The Morgan fingerprint density at radius 1 is 1.47 bits per heavy atom. The number of carbonyl (C=O) groups excluding carboxylic acids is 1. The molecule has 0 atom stereocenters. The van der Waals surface area contributed by atoms with E-state index in [-0.39, 0.29) is 12.2 Å². The second-order valence-corrected chi connectivity index (χ2v) is 3.57. The van der Waals surface area contributed by atoms with Crippen molar-refractivity contribution in [1.82, 2.24) is 0 Å². The number of rotatable bonds is 3. The third-order valence-electron chi connectivity index (χ3n) is 1.71. The highest BCUT2D eigenvalue weighted by Crippen LogP contribution is 2.19. The third-order valence-corrected chi connectivity index (χ3v) is 2.37. The summed E-state index contributed by atoms with van der Waals surface area (Å²) in [6, 6.07) is 4.21. The number of benzene rings is 1. The molecular weight excluding hydrogens is 264 g/mol. The fourth-order valence-corrected chi connectivity index (χ4v) is 1.58. The molecule has 0 unspecified atom stereocenters. The van der Waals surface area contributed by atoms with Crippen molar-refractivity contribution in [2.75, 3.05) is 6.61 Å². The zero-order chi connectivity index (χ0) is 11.4. The predicted octanol–water partition coefficient (Wildman–Crippen LogP) is 2.32. The molecule has 0 spiro atoms. The molecule has 80 valence electrons. The molecule has 0 aliphatic rings. The molecule has 5 heteroatoms. The normalized spacial score (nSPS) is 9.73. The van der Waals surface area contributed by atoms with Crippen molar-refractivity contribution >= 4 is 27.9 Å². The standard InChI is InChI=1S/C10H9BrO4/c1-2-15-10(14)6-3-4-7(9(12)13)8(11)5-6/h3-5H,2H2,1H3,(H,12,13). The Morgan fingerprint density at radius 3 is 2.60 bits per heavy atom. The predicted molar refractivity (Wildman–Crippen MR) is 57.1 cm³/mol. The number of aromatic carboxylic acids is 1. The van der Waals surface area contributed by atoms with Crippen LogP contribution in [-0.4, -0.2) is 23.7 Å². The molecule has 0 aliphatic heterocycles. The number of hydrogen-bond donors (Lipinski definition) is 1. The fraction of sp³-hybridized carbons (Fsp3) is 0.200. The summed E-state index contributed by atoms with van der Waals surface area (Å²) in [5.74, 6) is -1.51. The first-order chi connectivity index (χ1) is 7.06. The largest absolute Gasteiger partial charge is 0.478 e. The maximum Gasteiger partial charge on any atom is 0.338 e. The summed E-state index contributed by atoms with van der Waals surface area (Å²) in [6.07, 6.45) is 0. The molecule has 0 aromatic heterocycles. The highest BCUT2D eigenvalue weighted by atomic mass is 79.9. The van der Waals surface area contributed by atoms with Crippen LogP contribution in [-0.2, 0) is 4.74 Å². The van der Waals surface area contributed by atoms with Crippen LogP contribution in [0, 0.1) is 0 Å². The molecule has 0 amide bonds. The van der Waals surface area contributed by atoms with E-state index in [0.29, 0.717) is 10.0 Å². The van der Waals surface area contributed by atoms with Crippen LogP contribution in [0.15, 0.2) is 22.7 Å². The first-order valence-electron chi connectivity index (χ1n) is 4.26. The van der Waals surface area contributed by atoms with Crippen LogP contribution in [0.4, 0.5) is 0 Å². The SMILES string of the molecule is CCOC(=O)c1ccc(C(=O)O)c(Br)c1. The molecule has 4 nitrogen and oxygen atoms in total. The molecule has 0 saturated heterocycles. The van der Waals surface area contributed by atoms with Gasteiger partial charge in [-0.1, -0.05) is 0 Å². The molecule has 1 aromatic rings. The van der Waals surface area contributed by atoms with Gasteiger partial charge in [-0.25, -0.2) is 9.59 Å². The van der Waals surface area contributed by atoms with Crippen LogP contribution >= 0.6 is 15.9 Å². The quantitative estimate of drug-likeness (QED) is 0.858. The van der Waals surface area contributed by atoms with Gasteiger partial charge in [0.25, 0.3) is 0 Å². The van der Waals surface area contributed by atoms with Crippen LogP contribution in [0.2, 0.25) is 0 Å². The van der Waals surface area contributed by atoms with Crippen LogP contribution in [0.3, 0.4) is 0 Å². The fourth-order valence-electron chi connectivity index (χ4n) is 1.03. The monoisotopic (exact) mass is 272 g/mol. The summed E-state index contributed by atoms with van der Waals surface area (Å²) in [4.78, 5) is 22.0. The van der Waals surface area contributed by atoms with Gasteiger partial charge in [-0.05, 0) is 41.1 Å². The minimum absolute atomic E-state index is 0.114. The summed E-state index contributed by atoms with van der Waals surface area (Å²) >= 11 is 3.08. The first-order valence-corrected chi connectivity index (χ1v) is 5.05. The maximum atomic E-state index is 11.3. The van der Waals surface area contributed by atoms with Crippen molar-refractivity contribution < 1.29 is 19.4 Å². The lowest BCUT2D eigenvalue weighted by Gasteiger charge is -2.03. The number of carboxylic acid groups (broad SMARTS) is 1. The number of hydrogen-bond acceptors (Lipinski definition) is 3. The van der Waals surface area contributed by atoms with E-state index < -0.39 is 11.9 Å². The van der Waals surface area contributed by atoms with E-state index in [1.807, 2.05) is 0 Å². The molecule has 1 aromatic carbocycles. The van der Waals surface area contributed by atoms with Gasteiger partial charge in [0.2, 0.25) is 0 Å². The Kier molecular flexibility index (Phi) is 3.85. The molecular formula is C10H9BrO4. The molecule has 0 saturated carbocycles.